The topological polar surface area (TPSA) is 63.3 Å². The largest absolute Gasteiger partial charge is 0.481 e. The van der Waals surface area contributed by atoms with Gasteiger partial charge >= 0.3 is 5.97 Å². The van der Waals surface area contributed by atoms with Gasteiger partial charge in [-0.05, 0) is 24.8 Å². The van der Waals surface area contributed by atoms with Crippen molar-refractivity contribution in [2.45, 2.75) is 31.7 Å². The maximum Gasteiger partial charge on any atom is 0.304 e. The zero-order valence-electron chi connectivity index (χ0n) is 8.73. The van der Waals surface area contributed by atoms with Crippen LogP contribution in [-0.2, 0) is 11.2 Å². The van der Waals surface area contributed by atoms with Crippen LogP contribution in [0.5, 0.6) is 0 Å². The van der Waals surface area contributed by atoms with E-state index in [9.17, 15) is 4.79 Å². The highest BCUT2D eigenvalue weighted by atomic mass is 16.4. The predicted molar refractivity (Wildman–Crippen MR) is 59.6 cm³/mol. The first-order chi connectivity index (χ1) is 7.18. The first-order valence-electron chi connectivity index (χ1n) is 5.20. The monoisotopic (exact) mass is 207 g/mol. The minimum Gasteiger partial charge on any atom is -0.481 e. The molecule has 1 aromatic carbocycles. The van der Waals surface area contributed by atoms with Gasteiger partial charge in [-0.3, -0.25) is 4.79 Å². The second-order valence-electron chi connectivity index (χ2n) is 3.74. The van der Waals surface area contributed by atoms with Gasteiger partial charge in [0, 0.05) is 6.04 Å². The maximum atomic E-state index is 10.4. The van der Waals surface area contributed by atoms with E-state index < -0.39 is 5.97 Å². The molecule has 3 N–H and O–H groups in total. The van der Waals surface area contributed by atoms with Crippen LogP contribution in [0.3, 0.4) is 0 Å². The van der Waals surface area contributed by atoms with Gasteiger partial charge in [-0.1, -0.05) is 30.3 Å². The summed E-state index contributed by atoms with van der Waals surface area (Å²) in [5.74, 6) is -0.817. The van der Waals surface area contributed by atoms with E-state index in [0.717, 1.165) is 19.3 Å². The summed E-state index contributed by atoms with van der Waals surface area (Å²) in [5.41, 5.74) is 6.94. The van der Waals surface area contributed by atoms with Crippen molar-refractivity contribution in [1.29, 1.82) is 0 Å². The van der Waals surface area contributed by atoms with Crippen LogP contribution in [0.15, 0.2) is 30.3 Å². The van der Waals surface area contributed by atoms with Crippen LogP contribution in [-0.4, -0.2) is 17.1 Å². The van der Waals surface area contributed by atoms with Crippen molar-refractivity contribution < 1.29 is 9.90 Å². The molecule has 0 saturated carbocycles. The van der Waals surface area contributed by atoms with E-state index in [0.29, 0.717) is 0 Å². The lowest BCUT2D eigenvalue weighted by Gasteiger charge is -2.08. The quantitative estimate of drug-likeness (QED) is 0.747. The molecule has 0 radical (unpaired) electrons. The van der Waals surface area contributed by atoms with E-state index in [1.165, 1.54) is 5.56 Å². The molecule has 0 heterocycles. The van der Waals surface area contributed by atoms with Gasteiger partial charge in [0.25, 0.3) is 0 Å². The summed E-state index contributed by atoms with van der Waals surface area (Å²) < 4.78 is 0. The second kappa shape index (κ2) is 6.19. The van der Waals surface area contributed by atoms with Gasteiger partial charge in [-0.2, -0.15) is 0 Å². The second-order valence-corrected chi connectivity index (χ2v) is 3.74. The summed E-state index contributed by atoms with van der Waals surface area (Å²) in [6.07, 6.45) is 2.74. The van der Waals surface area contributed by atoms with E-state index in [1.807, 2.05) is 18.2 Å². The number of carboxylic acids is 1. The third kappa shape index (κ3) is 5.18. The van der Waals surface area contributed by atoms with E-state index in [4.69, 9.17) is 10.8 Å². The Kier molecular flexibility index (Phi) is 4.84. The van der Waals surface area contributed by atoms with Gasteiger partial charge in [0.15, 0.2) is 0 Å². The highest BCUT2D eigenvalue weighted by Gasteiger charge is 2.07. The fraction of sp³-hybridized carbons (Fsp3) is 0.417. The molecule has 0 fully saturated rings. The molecule has 0 spiro atoms. The van der Waals surface area contributed by atoms with Crippen molar-refractivity contribution in [2.24, 2.45) is 5.73 Å². The highest BCUT2D eigenvalue weighted by molar-refractivity contribution is 5.67. The third-order valence-electron chi connectivity index (χ3n) is 2.32. The Morgan fingerprint density at radius 1 is 1.33 bits per heavy atom. The van der Waals surface area contributed by atoms with Crippen LogP contribution in [0.1, 0.15) is 24.8 Å². The van der Waals surface area contributed by atoms with Crippen molar-refractivity contribution in [3.63, 3.8) is 0 Å². The SMILES string of the molecule is NC(CCCc1ccccc1)CC(=O)O. The Labute approximate surface area is 89.9 Å². The molecule has 1 rings (SSSR count). The number of carbonyl (C=O) groups is 1. The van der Waals surface area contributed by atoms with Gasteiger partial charge in [-0.25, -0.2) is 0 Å². The molecular weight excluding hydrogens is 190 g/mol. The lowest BCUT2D eigenvalue weighted by Crippen LogP contribution is -2.23. The lowest BCUT2D eigenvalue weighted by molar-refractivity contribution is -0.137. The number of nitrogens with two attached hydrogens (primary N) is 1. The van der Waals surface area contributed by atoms with Crippen molar-refractivity contribution >= 4 is 5.97 Å². The molecule has 0 aliphatic heterocycles. The van der Waals surface area contributed by atoms with Gasteiger partial charge in [0.05, 0.1) is 6.42 Å². The van der Waals surface area contributed by atoms with E-state index in [-0.39, 0.29) is 12.5 Å². The van der Waals surface area contributed by atoms with Crippen LogP contribution in [0.4, 0.5) is 0 Å². The molecule has 15 heavy (non-hydrogen) atoms. The van der Waals surface area contributed by atoms with Crippen molar-refractivity contribution in [2.75, 3.05) is 0 Å². The first kappa shape index (κ1) is 11.7. The van der Waals surface area contributed by atoms with Gasteiger partial charge in [0.1, 0.15) is 0 Å². The maximum absolute atomic E-state index is 10.4. The molecule has 3 heteroatoms. The molecule has 1 aromatic rings. The average Bonchev–Trinajstić information content (AvgIpc) is 2.18. The number of hydrogen-bond acceptors (Lipinski definition) is 2. The normalized spacial score (nSPS) is 12.3. The van der Waals surface area contributed by atoms with Gasteiger partial charge < -0.3 is 10.8 Å². The van der Waals surface area contributed by atoms with E-state index in [2.05, 4.69) is 12.1 Å². The smallest absolute Gasteiger partial charge is 0.304 e. The molecule has 1 atom stereocenters. The summed E-state index contributed by atoms with van der Waals surface area (Å²) in [6, 6.07) is 9.93. The van der Waals surface area contributed by atoms with Crippen LogP contribution in [0.25, 0.3) is 0 Å². The molecule has 0 aromatic heterocycles. The number of carboxylic acid groups (broad SMARTS) is 1. The van der Waals surface area contributed by atoms with Crippen molar-refractivity contribution in [3.05, 3.63) is 35.9 Å². The van der Waals surface area contributed by atoms with Gasteiger partial charge in [-0.15, -0.1) is 0 Å². The standard InChI is InChI=1S/C12H17NO2/c13-11(9-12(14)15)8-4-7-10-5-2-1-3-6-10/h1-3,5-6,11H,4,7-9,13H2,(H,14,15). The summed E-state index contributed by atoms with van der Waals surface area (Å²) >= 11 is 0. The number of aryl methyl sites for hydroxylation is 1. The molecule has 0 bridgehead atoms. The molecule has 0 aliphatic rings. The third-order valence-corrected chi connectivity index (χ3v) is 2.32. The summed E-state index contributed by atoms with van der Waals surface area (Å²) in [7, 11) is 0. The molecule has 1 unspecified atom stereocenters. The highest BCUT2D eigenvalue weighted by Crippen LogP contribution is 2.07. The Bertz CT molecular complexity index is 298. The van der Waals surface area contributed by atoms with Crippen LogP contribution >= 0.6 is 0 Å². The van der Waals surface area contributed by atoms with E-state index >= 15 is 0 Å². The molecule has 0 aliphatic carbocycles. The molecule has 82 valence electrons. The molecule has 3 nitrogen and oxygen atoms in total. The van der Waals surface area contributed by atoms with Crippen LogP contribution in [0, 0.1) is 0 Å². The summed E-state index contributed by atoms with van der Waals surface area (Å²) in [6.45, 7) is 0. The number of aliphatic carboxylic acids is 1. The fourth-order valence-corrected chi connectivity index (χ4v) is 1.54. The van der Waals surface area contributed by atoms with Gasteiger partial charge in [0.2, 0.25) is 0 Å². The summed E-state index contributed by atoms with van der Waals surface area (Å²) in [5, 5.41) is 8.52. The average molecular weight is 207 g/mol. The number of hydrogen-bond donors (Lipinski definition) is 2. The Balaban J connectivity index is 2.19. The van der Waals surface area contributed by atoms with Crippen molar-refractivity contribution in [1.82, 2.24) is 0 Å². The zero-order valence-corrected chi connectivity index (χ0v) is 8.73. The van der Waals surface area contributed by atoms with Crippen molar-refractivity contribution in [3.8, 4) is 0 Å². The molecular formula is C12H17NO2. The zero-order chi connectivity index (χ0) is 11.1. The fourth-order valence-electron chi connectivity index (χ4n) is 1.54. The minimum atomic E-state index is -0.817. The number of benzene rings is 1. The Morgan fingerprint density at radius 3 is 2.60 bits per heavy atom. The van der Waals surface area contributed by atoms with Crippen LogP contribution < -0.4 is 5.73 Å². The van der Waals surface area contributed by atoms with E-state index in [1.54, 1.807) is 0 Å². The molecule has 0 amide bonds. The minimum absolute atomic E-state index is 0.0643. The first-order valence-corrected chi connectivity index (χ1v) is 5.20. The predicted octanol–water partition coefficient (Wildman–Crippen LogP) is 1.81. The Morgan fingerprint density at radius 2 is 2.00 bits per heavy atom. The number of rotatable bonds is 6. The lowest BCUT2D eigenvalue weighted by atomic mass is 10.0. The Hall–Kier alpha value is -1.35. The molecule has 0 saturated heterocycles. The summed E-state index contributed by atoms with van der Waals surface area (Å²) in [4.78, 5) is 10.4. The van der Waals surface area contributed by atoms with Crippen LogP contribution in [0.2, 0.25) is 0 Å².